The molecule has 9 heteroatoms. The predicted molar refractivity (Wildman–Crippen MR) is 91.9 cm³/mol. The van der Waals surface area contributed by atoms with Gasteiger partial charge < -0.3 is 4.98 Å². The van der Waals surface area contributed by atoms with Gasteiger partial charge in [-0.05, 0) is 30.3 Å². The third-order valence-corrected chi connectivity index (χ3v) is 4.25. The number of nitrogens with zero attached hydrogens (tertiary/aromatic N) is 5. The van der Waals surface area contributed by atoms with Crippen LogP contribution in [0.5, 0.6) is 0 Å². The minimum atomic E-state index is 0.152. The smallest absolute Gasteiger partial charge is 0.250 e. The lowest BCUT2D eigenvalue weighted by molar-refractivity contribution is 1.04. The Labute approximate surface area is 145 Å². The Kier molecular flexibility index (Phi) is 4.29. The van der Waals surface area contributed by atoms with Crippen molar-refractivity contribution in [3.05, 3.63) is 45.0 Å². The van der Waals surface area contributed by atoms with Gasteiger partial charge in [-0.15, -0.1) is 15.3 Å². The molecule has 3 aromatic rings. The Bertz CT molecular complexity index is 1070. The van der Waals surface area contributed by atoms with E-state index in [0.717, 1.165) is 11.1 Å². The first-order chi connectivity index (χ1) is 11.6. The van der Waals surface area contributed by atoms with Gasteiger partial charge in [0, 0.05) is 5.56 Å². The van der Waals surface area contributed by atoms with Crippen molar-refractivity contribution in [2.24, 2.45) is 10.2 Å². The Morgan fingerprint density at radius 2 is 2.00 bits per heavy atom. The summed E-state index contributed by atoms with van der Waals surface area (Å²) in [5.74, 6) is 0.332. The van der Waals surface area contributed by atoms with Crippen LogP contribution in [0.1, 0.15) is 16.8 Å². The fourth-order valence-corrected chi connectivity index (χ4v) is 2.93. The summed E-state index contributed by atoms with van der Waals surface area (Å²) in [6, 6.07) is 11.6. The SMILES string of the molecule is Cc1ccccc1-c1c(N=Nc2n[nH]c(=S)s2)[nH]c(C#N)c1C#N. The Hall–Kier alpha value is -3.14. The molecule has 0 fully saturated rings. The molecule has 2 heterocycles. The number of aromatic amines is 2. The number of aryl methyl sites for hydroxylation is 1. The molecule has 0 saturated carbocycles. The molecule has 2 aromatic heterocycles. The van der Waals surface area contributed by atoms with Crippen LogP contribution in [0, 0.1) is 33.5 Å². The second-order valence-electron chi connectivity index (χ2n) is 4.73. The zero-order valence-electron chi connectivity index (χ0n) is 12.4. The number of aromatic nitrogens is 3. The van der Waals surface area contributed by atoms with Gasteiger partial charge >= 0.3 is 0 Å². The summed E-state index contributed by atoms with van der Waals surface area (Å²) in [6.07, 6.45) is 0. The quantitative estimate of drug-likeness (QED) is 0.527. The highest BCUT2D eigenvalue weighted by Gasteiger charge is 2.20. The van der Waals surface area contributed by atoms with E-state index in [2.05, 4.69) is 31.5 Å². The number of hydrogen-bond donors (Lipinski definition) is 2. The summed E-state index contributed by atoms with van der Waals surface area (Å²) in [4.78, 5) is 2.85. The van der Waals surface area contributed by atoms with Crippen molar-refractivity contribution >= 4 is 34.5 Å². The topological polar surface area (TPSA) is 117 Å². The number of nitriles is 2. The highest BCUT2D eigenvalue weighted by molar-refractivity contribution is 7.73. The molecule has 0 spiro atoms. The summed E-state index contributed by atoms with van der Waals surface area (Å²) in [5, 5.41) is 33.8. The number of H-pyrrole nitrogens is 2. The second kappa shape index (κ2) is 6.54. The first-order valence-electron chi connectivity index (χ1n) is 6.73. The summed E-state index contributed by atoms with van der Waals surface area (Å²) in [7, 11) is 0. The van der Waals surface area contributed by atoms with Crippen LogP contribution in [0.4, 0.5) is 10.9 Å². The van der Waals surface area contributed by atoms with Crippen molar-refractivity contribution in [3.8, 4) is 23.3 Å². The fraction of sp³-hybridized carbons (Fsp3) is 0.0667. The molecule has 24 heavy (non-hydrogen) atoms. The lowest BCUT2D eigenvalue weighted by atomic mass is 9.98. The summed E-state index contributed by atoms with van der Waals surface area (Å²) in [6.45, 7) is 1.93. The van der Waals surface area contributed by atoms with Gasteiger partial charge in [0.2, 0.25) is 5.13 Å². The molecular weight excluding hydrogens is 342 g/mol. The normalized spacial score (nSPS) is 10.6. The largest absolute Gasteiger partial charge is 0.328 e. The van der Waals surface area contributed by atoms with Crippen LogP contribution in [0.2, 0.25) is 0 Å². The second-order valence-corrected chi connectivity index (χ2v) is 6.38. The minimum absolute atomic E-state index is 0.152. The van der Waals surface area contributed by atoms with Crippen LogP contribution in [-0.2, 0) is 0 Å². The third-order valence-electron chi connectivity index (χ3n) is 3.28. The van der Waals surface area contributed by atoms with Gasteiger partial charge in [-0.3, -0.25) is 5.10 Å². The van der Waals surface area contributed by atoms with Gasteiger partial charge in [0.05, 0.1) is 5.56 Å². The van der Waals surface area contributed by atoms with E-state index < -0.39 is 0 Å². The molecule has 0 radical (unpaired) electrons. The van der Waals surface area contributed by atoms with Crippen molar-refractivity contribution in [3.63, 3.8) is 0 Å². The van der Waals surface area contributed by atoms with E-state index in [1.807, 2.05) is 37.3 Å². The molecule has 0 aliphatic rings. The highest BCUT2D eigenvalue weighted by Crippen LogP contribution is 2.37. The molecule has 0 aliphatic carbocycles. The van der Waals surface area contributed by atoms with Crippen molar-refractivity contribution < 1.29 is 0 Å². The van der Waals surface area contributed by atoms with Crippen molar-refractivity contribution in [2.75, 3.05) is 0 Å². The molecule has 0 bridgehead atoms. The molecule has 0 amide bonds. The van der Waals surface area contributed by atoms with E-state index in [-0.39, 0.29) is 11.3 Å². The maximum Gasteiger partial charge on any atom is 0.250 e. The van der Waals surface area contributed by atoms with Gasteiger partial charge in [0.25, 0.3) is 0 Å². The average molecular weight is 351 g/mol. The first kappa shape index (κ1) is 15.7. The number of azo groups is 1. The highest BCUT2D eigenvalue weighted by atomic mass is 32.1. The van der Waals surface area contributed by atoms with Gasteiger partial charge in [-0.25, -0.2) is 0 Å². The first-order valence-corrected chi connectivity index (χ1v) is 7.96. The standard InChI is InChI=1S/C15H9N7S2/c1-8-4-2-3-5-9(8)12-10(6-16)11(7-17)18-13(12)19-20-14-21-22-15(23)24-14/h2-5,18H,1H3,(H,22,23). The maximum absolute atomic E-state index is 9.46. The van der Waals surface area contributed by atoms with Crippen LogP contribution in [0.25, 0.3) is 11.1 Å². The van der Waals surface area contributed by atoms with Crippen LogP contribution in [0.15, 0.2) is 34.5 Å². The monoisotopic (exact) mass is 351 g/mol. The van der Waals surface area contributed by atoms with E-state index in [1.54, 1.807) is 0 Å². The number of nitrogens with one attached hydrogen (secondary N) is 2. The van der Waals surface area contributed by atoms with Crippen LogP contribution >= 0.6 is 23.6 Å². The Balaban J connectivity index is 2.20. The Morgan fingerprint density at radius 1 is 1.21 bits per heavy atom. The summed E-state index contributed by atoms with van der Waals surface area (Å²) in [5.41, 5.74) is 2.73. The van der Waals surface area contributed by atoms with Gasteiger partial charge in [-0.2, -0.15) is 10.5 Å². The fourth-order valence-electron chi connectivity index (χ4n) is 2.23. The van der Waals surface area contributed by atoms with E-state index >= 15 is 0 Å². The zero-order valence-corrected chi connectivity index (χ0v) is 14.0. The molecule has 2 N–H and O–H groups in total. The average Bonchev–Trinajstić information content (AvgIpc) is 3.16. The van der Waals surface area contributed by atoms with Crippen LogP contribution in [-0.4, -0.2) is 15.2 Å². The third kappa shape index (κ3) is 2.86. The van der Waals surface area contributed by atoms with Crippen LogP contribution in [0.3, 0.4) is 0 Å². The summed E-state index contributed by atoms with van der Waals surface area (Å²) < 4.78 is 0.491. The lowest BCUT2D eigenvalue weighted by Gasteiger charge is -2.04. The molecule has 0 aliphatic heterocycles. The lowest BCUT2D eigenvalue weighted by Crippen LogP contribution is -1.85. The maximum atomic E-state index is 9.46. The van der Waals surface area contributed by atoms with Crippen LogP contribution < -0.4 is 0 Å². The van der Waals surface area contributed by atoms with Gasteiger partial charge in [-0.1, -0.05) is 35.6 Å². The number of benzene rings is 1. The Morgan fingerprint density at radius 3 is 2.62 bits per heavy atom. The van der Waals surface area contributed by atoms with Crippen molar-refractivity contribution in [2.45, 2.75) is 6.92 Å². The summed E-state index contributed by atoms with van der Waals surface area (Å²) >= 11 is 6.13. The molecule has 3 rings (SSSR count). The number of hydrogen-bond acceptors (Lipinski definition) is 7. The zero-order chi connectivity index (χ0) is 17.1. The number of rotatable bonds is 3. The molecule has 0 saturated heterocycles. The molecule has 7 nitrogen and oxygen atoms in total. The van der Waals surface area contributed by atoms with Crippen molar-refractivity contribution in [1.82, 2.24) is 15.2 Å². The van der Waals surface area contributed by atoms with Gasteiger partial charge in [0.1, 0.15) is 17.8 Å². The predicted octanol–water partition coefficient (Wildman–Crippen LogP) is 4.66. The molecule has 0 atom stereocenters. The van der Waals surface area contributed by atoms with E-state index in [9.17, 15) is 10.5 Å². The van der Waals surface area contributed by atoms with E-state index in [0.29, 0.717) is 20.5 Å². The minimum Gasteiger partial charge on any atom is -0.328 e. The molecular formula is C15H9N7S2. The van der Waals surface area contributed by atoms with Gasteiger partial charge in [0.15, 0.2) is 9.77 Å². The molecule has 1 aromatic carbocycles. The van der Waals surface area contributed by atoms with E-state index in [1.165, 1.54) is 11.3 Å². The molecule has 116 valence electrons. The molecule has 0 unspecified atom stereocenters. The van der Waals surface area contributed by atoms with E-state index in [4.69, 9.17) is 12.2 Å². The van der Waals surface area contributed by atoms with Crippen molar-refractivity contribution in [1.29, 1.82) is 10.5 Å².